The van der Waals surface area contributed by atoms with Gasteiger partial charge in [-0.05, 0) is 37.8 Å². The number of nitro groups is 1. The van der Waals surface area contributed by atoms with E-state index in [-0.39, 0.29) is 29.9 Å². The van der Waals surface area contributed by atoms with Gasteiger partial charge in [0.05, 0.1) is 11.0 Å². The molecule has 1 fully saturated rings. The van der Waals surface area contributed by atoms with Gasteiger partial charge >= 0.3 is 5.69 Å². The van der Waals surface area contributed by atoms with Crippen molar-refractivity contribution in [3.8, 4) is 5.75 Å². The second-order valence-corrected chi connectivity index (χ2v) is 6.47. The van der Waals surface area contributed by atoms with Gasteiger partial charge in [0, 0.05) is 24.5 Å². The highest BCUT2D eigenvalue weighted by atomic mass is 16.6. The van der Waals surface area contributed by atoms with E-state index in [1.165, 1.54) is 12.1 Å². The summed E-state index contributed by atoms with van der Waals surface area (Å²) in [6, 6.07) is 5.67. The van der Waals surface area contributed by atoms with Crippen molar-refractivity contribution in [1.82, 2.24) is 9.97 Å². The van der Waals surface area contributed by atoms with Gasteiger partial charge in [-0.2, -0.15) is 0 Å². The third-order valence-corrected chi connectivity index (χ3v) is 4.76. The number of hydrogen-bond acceptors (Lipinski definition) is 7. The lowest BCUT2D eigenvalue weighted by Gasteiger charge is -2.24. The molecule has 1 aliphatic heterocycles. The quantitative estimate of drug-likeness (QED) is 0.546. The molecule has 0 spiro atoms. The third kappa shape index (κ3) is 4.05. The lowest BCUT2D eigenvalue weighted by Crippen LogP contribution is -2.39. The average Bonchev–Trinajstić information content (AvgIpc) is 3.16. The SMILES string of the molecule is CCc1cnc(N2CCC[C@@H]2C(=O)COc2ccccc2[N+](=O)[O-])nc1C. The molecule has 8 nitrogen and oxygen atoms in total. The Kier molecular flexibility index (Phi) is 5.63. The van der Waals surface area contributed by atoms with Crippen molar-refractivity contribution in [3.05, 3.63) is 51.8 Å². The second-order valence-electron chi connectivity index (χ2n) is 6.47. The molecule has 1 aromatic carbocycles. The van der Waals surface area contributed by atoms with Crippen LogP contribution in [0.15, 0.2) is 30.5 Å². The Bertz CT molecular complexity index is 855. The minimum Gasteiger partial charge on any atom is -0.479 e. The number of Topliss-reactive ketones (excluding diaryl/α,β-unsaturated/α-hetero) is 1. The number of para-hydroxylation sites is 2. The number of benzene rings is 1. The number of anilines is 1. The molecule has 2 heterocycles. The summed E-state index contributed by atoms with van der Waals surface area (Å²) in [4.78, 5) is 34.1. The normalized spacial score (nSPS) is 16.4. The fourth-order valence-corrected chi connectivity index (χ4v) is 3.28. The van der Waals surface area contributed by atoms with Crippen LogP contribution >= 0.6 is 0 Å². The van der Waals surface area contributed by atoms with Crippen LogP contribution in [0.5, 0.6) is 5.75 Å². The van der Waals surface area contributed by atoms with Gasteiger partial charge in [0.2, 0.25) is 5.95 Å². The van der Waals surface area contributed by atoms with E-state index in [1.807, 2.05) is 18.7 Å². The Labute approximate surface area is 157 Å². The fraction of sp³-hybridized carbons (Fsp3) is 0.421. The Morgan fingerprint density at radius 3 is 2.89 bits per heavy atom. The van der Waals surface area contributed by atoms with E-state index in [4.69, 9.17) is 4.74 Å². The van der Waals surface area contributed by atoms with Gasteiger partial charge in [-0.1, -0.05) is 19.1 Å². The van der Waals surface area contributed by atoms with E-state index in [1.54, 1.807) is 18.3 Å². The van der Waals surface area contributed by atoms with Crippen LogP contribution < -0.4 is 9.64 Å². The van der Waals surface area contributed by atoms with Crippen LogP contribution in [-0.2, 0) is 11.2 Å². The molecule has 0 amide bonds. The Balaban J connectivity index is 1.71. The maximum absolute atomic E-state index is 12.7. The summed E-state index contributed by atoms with van der Waals surface area (Å²) >= 11 is 0. The molecule has 0 unspecified atom stereocenters. The fourth-order valence-electron chi connectivity index (χ4n) is 3.28. The maximum Gasteiger partial charge on any atom is 0.310 e. The van der Waals surface area contributed by atoms with E-state index in [0.29, 0.717) is 18.9 Å². The predicted molar refractivity (Wildman–Crippen MR) is 100 cm³/mol. The summed E-state index contributed by atoms with van der Waals surface area (Å²) in [6.45, 7) is 4.47. The molecule has 0 N–H and O–H groups in total. The molecule has 1 aliphatic rings. The number of rotatable bonds is 7. The minimum absolute atomic E-state index is 0.0970. The number of ether oxygens (including phenoxy) is 1. The summed E-state index contributed by atoms with van der Waals surface area (Å²) in [7, 11) is 0. The average molecular weight is 370 g/mol. The van der Waals surface area contributed by atoms with Crippen molar-refractivity contribution in [2.45, 2.75) is 39.2 Å². The van der Waals surface area contributed by atoms with E-state index < -0.39 is 4.92 Å². The molecule has 27 heavy (non-hydrogen) atoms. The van der Waals surface area contributed by atoms with Crippen LogP contribution in [0.25, 0.3) is 0 Å². The van der Waals surface area contributed by atoms with Gasteiger partial charge in [0.1, 0.15) is 6.61 Å². The zero-order valence-corrected chi connectivity index (χ0v) is 15.4. The summed E-state index contributed by atoms with van der Waals surface area (Å²) in [5, 5.41) is 11.1. The van der Waals surface area contributed by atoms with Gasteiger partial charge in [-0.25, -0.2) is 9.97 Å². The minimum atomic E-state index is -0.520. The Hall–Kier alpha value is -3.03. The molecule has 0 saturated carbocycles. The highest BCUT2D eigenvalue weighted by Crippen LogP contribution is 2.27. The van der Waals surface area contributed by atoms with E-state index in [2.05, 4.69) is 9.97 Å². The van der Waals surface area contributed by atoms with Crippen LogP contribution in [-0.4, -0.2) is 39.9 Å². The smallest absolute Gasteiger partial charge is 0.310 e. The highest BCUT2D eigenvalue weighted by Gasteiger charge is 2.33. The molecular weight excluding hydrogens is 348 g/mol. The summed E-state index contributed by atoms with van der Waals surface area (Å²) < 4.78 is 5.46. The van der Waals surface area contributed by atoms with Crippen LogP contribution in [0.3, 0.4) is 0 Å². The van der Waals surface area contributed by atoms with Crippen molar-refractivity contribution < 1.29 is 14.5 Å². The summed E-state index contributed by atoms with van der Waals surface area (Å²) in [5.74, 6) is 0.512. The Morgan fingerprint density at radius 2 is 2.19 bits per heavy atom. The first-order chi connectivity index (χ1) is 13.0. The van der Waals surface area contributed by atoms with Gasteiger partial charge < -0.3 is 9.64 Å². The second kappa shape index (κ2) is 8.11. The first-order valence-electron chi connectivity index (χ1n) is 8.99. The van der Waals surface area contributed by atoms with E-state index in [9.17, 15) is 14.9 Å². The number of carbonyl (C=O) groups excluding carboxylic acids is 1. The van der Waals surface area contributed by atoms with Crippen LogP contribution in [0.1, 0.15) is 31.0 Å². The van der Waals surface area contributed by atoms with Gasteiger partial charge in [-0.3, -0.25) is 14.9 Å². The number of nitrogens with zero attached hydrogens (tertiary/aromatic N) is 4. The van der Waals surface area contributed by atoms with Gasteiger partial charge in [-0.15, -0.1) is 0 Å². The first-order valence-corrected chi connectivity index (χ1v) is 8.99. The molecule has 142 valence electrons. The molecule has 1 atom stereocenters. The number of carbonyl (C=O) groups is 1. The van der Waals surface area contributed by atoms with Crippen LogP contribution in [0.4, 0.5) is 11.6 Å². The number of hydrogen-bond donors (Lipinski definition) is 0. The zero-order valence-electron chi connectivity index (χ0n) is 15.4. The van der Waals surface area contributed by atoms with Crippen molar-refractivity contribution >= 4 is 17.4 Å². The predicted octanol–water partition coefficient (Wildman–Crippen LogP) is 2.87. The number of aryl methyl sites for hydroxylation is 2. The number of aromatic nitrogens is 2. The zero-order chi connectivity index (χ0) is 19.4. The molecule has 2 aromatic rings. The molecule has 0 bridgehead atoms. The van der Waals surface area contributed by atoms with Gasteiger partial charge in [0.25, 0.3) is 0 Å². The van der Waals surface area contributed by atoms with Crippen molar-refractivity contribution in [2.75, 3.05) is 18.1 Å². The lowest BCUT2D eigenvalue weighted by atomic mass is 10.1. The topological polar surface area (TPSA) is 98.5 Å². The molecule has 0 aliphatic carbocycles. The van der Waals surface area contributed by atoms with Crippen molar-refractivity contribution in [2.24, 2.45) is 0 Å². The molecule has 3 rings (SSSR count). The largest absolute Gasteiger partial charge is 0.479 e. The monoisotopic (exact) mass is 370 g/mol. The first kappa shape index (κ1) is 18.8. The molecule has 8 heteroatoms. The van der Waals surface area contributed by atoms with E-state index >= 15 is 0 Å². The van der Waals surface area contributed by atoms with Crippen LogP contribution in [0, 0.1) is 17.0 Å². The summed E-state index contributed by atoms with van der Waals surface area (Å²) in [6.07, 6.45) is 4.22. The Morgan fingerprint density at radius 1 is 1.41 bits per heavy atom. The van der Waals surface area contributed by atoms with Crippen molar-refractivity contribution in [3.63, 3.8) is 0 Å². The molecule has 1 saturated heterocycles. The van der Waals surface area contributed by atoms with E-state index in [0.717, 1.165) is 24.1 Å². The number of nitro benzene ring substituents is 1. The van der Waals surface area contributed by atoms with Gasteiger partial charge in [0.15, 0.2) is 11.5 Å². The molecular formula is C19H22N4O4. The standard InChI is InChI=1S/C19H22N4O4/c1-3-14-11-20-19(21-13(14)2)22-10-6-8-15(22)17(24)12-27-18-9-5-4-7-16(18)23(25)26/h4-5,7,9,11,15H,3,6,8,10,12H2,1-2H3/t15-/m1/s1. The lowest BCUT2D eigenvalue weighted by molar-refractivity contribution is -0.385. The number of ketones is 1. The third-order valence-electron chi connectivity index (χ3n) is 4.76. The molecule has 1 aromatic heterocycles. The van der Waals surface area contributed by atoms with Crippen molar-refractivity contribution in [1.29, 1.82) is 0 Å². The molecule has 0 radical (unpaired) electrons. The van der Waals surface area contributed by atoms with Crippen LogP contribution in [0.2, 0.25) is 0 Å². The summed E-state index contributed by atoms with van der Waals surface area (Å²) in [5.41, 5.74) is 1.85. The highest BCUT2D eigenvalue weighted by molar-refractivity contribution is 5.88. The maximum atomic E-state index is 12.7.